The van der Waals surface area contributed by atoms with E-state index >= 15 is 0 Å². The number of benzene rings is 2. The summed E-state index contributed by atoms with van der Waals surface area (Å²) in [5.74, 6) is -0.450. The molecular formula is C16H16ClFN2S. The molecule has 0 spiro atoms. The van der Waals surface area contributed by atoms with Crippen LogP contribution in [0.4, 0.5) is 10.1 Å². The number of hydrogen-bond donors (Lipinski definition) is 2. The molecule has 0 aromatic heterocycles. The summed E-state index contributed by atoms with van der Waals surface area (Å²) in [7, 11) is 0. The van der Waals surface area contributed by atoms with Gasteiger partial charge < -0.3 is 10.6 Å². The van der Waals surface area contributed by atoms with Crippen molar-refractivity contribution >= 4 is 34.6 Å². The number of rotatable bonds is 3. The number of nitrogens with one attached hydrogen (secondary N) is 2. The number of anilines is 1. The summed E-state index contributed by atoms with van der Waals surface area (Å²) in [6.45, 7) is 4.09. The fraction of sp³-hybridized carbons (Fsp3) is 0.188. The molecule has 2 nitrogen and oxygen atoms in total. The van der Waals surface area contributed by atoms with Crippen LogP contribution < -0.4 is 10.6 Å². The molecule has 0 aliphatic heterocycles. The van der Waals surface area contributed by atoms with E-state index in [9.17, 15) is 4.39 Å². The van der Waals surface area contributed by atoms with Crippen molar-refractivity contribution in [3.63, 3.8) is 0 Å². The first-order chi connectivity index (χ1) is 9.97. The van der Waals surface area contributed by atoms with Crippen molar-refractivity contribution in [2.75, 3.05) is 5.32 Å². The zero-order valence-corrected chi connectivity index (χ0v) is 13.4. The number of hydrogen-bond acceptors (Lipinski definition) is 1. The molecule has 0 fully saturated rings. The molecule has 1 atom stereocenters. The molecule has 0 heterocycles. The second-order valence-electron chi connectivity index (χ2n) is 4.81. The largest absolute Gasteiger partial charge is 0.356 e. The van der Waals surface area contributed by atoms with Crippen LogP contribution in [-0.2, 0) is 0 Å². The lowest BCUT2D eigenvalue weighted by Gasteiger charge is -2.19. The van der Waals surface area contributed by atoms with Crippen LogP contribution in [0.1, 0.15) is 24.1 Å². The SMILES string of the molecule is Cc1ccccc1[C@H](C)NC(=S)Nc1ccc(F)c(Cl)c1. The Morgan fingerprint density at radius 1 is 1.24 bits per heavy atom. The van der Waals surface area contributed by atoms with Crippen LogP contribution in [0, 0.1) is 12.7 Å². The van der Waals surface area contributed by atoms with Gasteiger partial charge in [0.05, 0.1) is 11.1 Å². The third-order valence-corrected chi connectivity index (χ3v) is 3.69. The van der Waals surface area contributed by atoms with Gasteiger partial charge in [-0.05, 0) is 55.4 Å². The van der Waals surface area contributed by atoms with Crippen molar-refractivity contribution in [1.82, 2.24) is 5.32 Å². The van der Waals surface area contributed by atoms with Crippen LogP contribution in [0.5, 0.6) is 0 Å². The molecule has 0 radical (unpaired) electrons. The van der Waals surface area contributed by atoms with Gasteiger partial charge in [0.1, 0.15) is 5.82 Å². The average Bonchev–Trinajstić information content (AvgIpc) is 2.43. The van der Waals surface area contributed by atoms with Crippen molar-refractivity contribution < 1.29 is 4.39 Å². The number of thiocarbonyl (C=S) groups is 1. The van der Waals surface area contributed by atoms with Gasteiger partial charge in [0.2, 0.25) is 0 Å². The van der Waals surface area contributed by atoms with Crippen molar-refractivity contribution in [3.8, 4) is 0 Å². The van der Waals surface area contributed by atoms with E-state index in [-0.39, 0.29) is 11.1 Å². The highest BCUT2D eigenvalue weighted by atomic mass is 35.5. The Bertz CT molecular complexity index is 660. The Morgan fingerprint density at radius 3 is 2.62 bits per heavy atom. The molecule has 2 N–H and O–H groups in total. The lowest BCUT2D eigenvalue weighted by atomic mass is 10.0. The lowest BCUT2D eigenvalue weighted by molar-refractivity contribution is 0.628. The van der Waals surface area contributed by atoms with E-state index in [2.05, 4.69) is 29.7 Å². The predicted octanol–water partition coefficient (Wildman–Crippen LogP) is 4.84. The summed E-state index contributed by atoms with van der Waals surface area (Å²) >= 11 is 11.0. The quantitative estimate of drug-likeness (QED) is 0.791. The molecule has 2 aromatic rings. The van der Waals surface area contributed by atoms with Gasteiger partial charge in [0.15, 0.2) is 5.11 Å². The minimum atomic E-state index is -0.450. The zero-order chi connectivity index (χ0) is 15.4. The Balaban J connectivity index is 2.01. The summed E-state index contributed by atoms with van der Waals surface area (Å²) in [5, 5.41) is 6.73. The average molecular weight is 323 g/mol. The molecule has 0 saturated carbocycles. The Hall–Kier alpha value is -1.65. The minimum Gasteiger partial charge on any atom is -0.356 e. The first-order valence-corrected chi connectivity index (χ1v) is 7.34. The van der Waals surface area contributed by atoms with Crippen molar-refractivity contribution in [3.05, 3.63) is 64.4 Å². The molecule has 5 heteroatoms. The molecule has 21 heavy (non-hydrogen) atoms. The molecule has 2 aromatic carbocycles. The second-order valence-corrected chi connectivity index (χ2v) is 5.62. The first-order valence-electron chi connectivity index (χ1n) is 6.55. The first kappa shape index (κ1) is 15.7. The number of aryl methyl sites for hydroxylation is 1. The highest BCUT2D eigenvalue weighted by Gasteiger charge is 2.09. The standard InChI is InChI=1S/C16H16ClFN2S/c1-10-5-3-4-6-13(10)11(2)19-16(21)20-12-7-8-15(18)14(17)9-12/h3-9,11H,1-2H3,(H2,19,20,21)/t11-/m0/s1. The van der Waals surface area contributed by atoms with Gasteiger partial charge in [0.25, 0.3) is 0 Å². The van der Waals surface area contributed by atoms with Gasteiger partial charge in [-0.25, -0.2) is 4.39 Å². The summed E-state index contributed by atoms with van der Waals surface area (Å²) in [6.07, 6.45) is 0. The van der Waals surface area contributed by atoms with Gasteiger partial charge in [-0.1, -0.05) is 35.9 Å². The van der Waals surface area contributed by atoms with Crippen LogP contribution in [0.15, 0.2) is 42.5 Å². The molecular weight excluding hydrogens is 307 g/mol. The van der Waals surface area contributed by atoms with Crippen LogP contribution in [0.3, 0.4) is 0 Å². The molecule has 0 bridgehead atoms. The Kier molecular flexibility index (Phi) is 5.15. The summed E-state index contributed by atoms with van der Waals surface area (Å²) in [5.41, 5.74) is 3.03. The minimum absolute atomic E-state index is 0.0646. The van der Waals surface area contributed by atoms with E-state index in [0.29, 0.717) is 10.8 Å². The molecule has 0 saturated heterocycles. The third-order valence-electron chi connectivity index (χ3n) is 3.18. The van der Waals surface area contributed by atoms with Crippen LogP contribution in [0.2, 0.25) is 5.02 Å². The second kappa shape index (κ2) is 6.87. The molecule has 0 amide bonds. The number of halogens is 2. The van der Waals surface area contributed by atoms with E-state index in [1.165, 1.54) is 23.3 Å². The van der Waals surface area contributed by atoms with Crippen LogP contribution in [0.25, 0.3) is 0 Å². The highest BCUT2D eigenvalue weighted by Crippen LogP contribution is 2.20. The van der Waals surface area contributed by atoms with Gasteiger partial charge in [-0.15, -0.1) is 0 Å². The fourth-order valence-corrected chi connectivity index (χ4v) is 2.56. The van der Waals surface area contributed by atoms with E-state index in [0.717, 1.165) is 0 Å². The van der Waals surface area contributed by atoms with Crippen LogP contribution in [-0.4, -0.2) is 5.11 Å². The van der Waals surface area contributed by atoms with E-state index in [1.54, 1.807) is 6.07 Å². The fourth-order valence-electron chi connectivity index (χ4n) is 2.09. The molecule has 2 rings (SSSR count). The van der Waals surface area contributed by atoms with E-state index in [4.69, 9.17) is 23.8 Å². The maximum atomic E-state index is 13.1. The Labute approximate surface area is 134 Å². The zero-order valence-electron chi connectivity index (χ0n) is 11.8. The molecule has 0 aliphatic carbocycles. The van der Waals surface area contributed by atoms with Crippen molar-refractivity contribution in [2.24, 2.45) is 0 Å². The van der Waals surface area contributed by atoms with Gasteiger partial charge in [-0.3, -0.25) is 0 Å². The highest BCUT2D eigenvalue weighted by molar-refractivity contribution is 7.80. The molecule has 0 unspecified atom stereocenters. The Morgan fingerprint density at radius 2 is 1.95 bits per heavy atom. The van der Waals surface area contributed by atoms with Gasteiger partial charge >= 0.3 is 0 Å². The van der Waals surface area contributed by atoms with E-state index in [1.807, 2.05) is 19.1 Å². The summed E-state index contributed by atoms with van der Waals surface area (Å²) in [6, 6.07) is 12.6. The third kappa shape index (κ3) is 4.16. The van der Waals surface area contributed by atoms with Crippen LogP contribution >= 0.6 is 23.8 Å². The lowest BCUT2D eigenvalue weighted by Crippen LogP contribution is -2.31. The summed E-state index contributed by atoms with van der Waals surface area (Å²) < 4.78 is 13.1. The smallest absolute Gasteiger partial charge is 0.171 e. The van der Waals surface area contributed by atoms with Gasteiger partial charge in [0, 0.05) is 5.69 Å². The maximum Gasteiger partial charge on any atom is 0.171 e. The molecule has 0 aliphatic rings. The maximum absolute atomic E-state index is 13.1. The predicted molar refractivity (Wildman–Crippen MR) is 90.4 cm³/mol. The molecule has 110 valence electrons. The van der Waals surface area contributed by atoms with Gasteiger partial charge in [-0.2, -0.15) is 0 Å². The van der Waals surface area contributed by atoms with Crippen molar-refractivity contribution in [1.29, 1.82) is 0 Å². The van der Waals surface area contributed by atoms with E-state index < -0.39 is 5.82 Å². The van der Waals surface area contributed by atoms with Crippen molar-refractivity contribution in [2.45, 2.75) is 19.9 Å². The normalized spacial score (nSPS) is 11.8. The summed E-state index contributed by atoms with van der Waals surface area (Å²) in [4.78, 5) is 0. The monoisotopic (exact) mass is 322 g/mol. The topological polar surface area (TPSA) is 24.1 Å².